The van der Waals surface area contributed by atoms with Crippen LogP contribution in [0.2, 0.25) is 0 Å². The summed E-state index contributed by atoms with van der Waals surface area (Å²) in [7, 11) is -1.49. The highest BCUT2D eigenvalue weighted by Gasteiger charge is 2.46. The van der Waals surface area contributed by atoms with Gasteiger partial charge in [0.25, 0.3) is 0 Å². The van der Waals surface area contributed by atoms with E-state index in [0.29, 0.717) is 0 Å². The minimum absolute atomic E-state index is 0.137. The molecule has 0 aliphatic heterocycles. The predicted molar refractivity (Wildman–Crippen MR) is 157 cm³/mol. The quantitative estimate of drug-likeness (QED) is 0.209. The smallest absolute Gasteiger partial charge is 0.0489 e. The molecule has 0 saturated carbocycles. The summed E-state index contributed by atoms with van der Waals surface area (Å²) in [6.07, 6.45) is 0. The van der Waals surface area contributed by atoms with Crippen LogP contribution in [-0.2, 0) is 4.90 Å². The molecule has 0 heterocycles. The predicted octanol–water partition coefficient (Wildman–Crippen LogP) is 7.43. The summed E-state index contributed by atoms with van der Waals surface area (Å²) >= 11 is 0. The molecule has 0 spiro atoms. The first kappa shape index (κ1) is 23.7. The second kappa shape index (κ2) is 10.7. The van der Waals surface area contributed by atoms with E-state index in [1.807, 2.05) is 0 Å². The van der Waals surface area contributed by atoms with Crippen molar-refractivity contribution in [3.8, 4) is 0 Å². The molecule has 0 aliphatic carbocycles. The van der Waals surface area contributed by atoms with Crippen LogP contribution in [0.4, 0.5) is 0 Å². The van der Waals surface area contributed by atoms with Crippen molar-refractivity contribution in [2.24, 2.45) is 0 Å². The van der Waals surface area contributed by atoms with Gasteiger partial charge in [-0.2, -0.15) is 0 Å². The minimum atomic E-state index is -0.747. The molecule has 5 rings (SSSR count). The highest BCUT2D eigenvalue weighted by molar-refractivity contribution is 7.90. The Labute approximate surface area is 212 Å². The maximum atomic E-state index is 2.53. The normalized spacial score (nSPS) is 11.7. The van der Waals surface area contributed by atoms with Crippen LogP contribution in [0.25, 0.3) is 0 Å². The Morgan fingerprint density at radius 1 is 0.400 bits per heavy atom. The molecule has 35 heavy (non-hydrogen) atoms. The molecule has 0 aromatic heterocycles. The van der Waals surface area contributed by atoms with Gasteiger partial charge in [-0.15, -0.1) is 0 Å². The van der Waals surface area contributed by atoms with Crippen molar-refractivity contribution >= 4 is 37.1 Å². The Bertz CT molecular complexity index is 1190. The third-order valence-corrected chi connectivity index (χ3v) is 13.3. The average Bonchev–Trinajstić information content (AvgIpc) is 2.92. The second-order valence-electron chi connectivity index (χ2n) is 8.85. The zero-order valence-corrected chi connectivity index (χ0v) is 22.0. The van der Waals surface area contributed by atoms with Gasteiger partial charge in [-0.05, 0) is 62.0 Å². The van der Waals surface area contributed by atoms with Crippen molar-refractivity contribution < 1.29 is 0 Å². The zero-order valence-electron chi connectivity index (χ0n) is 20.3. The van der Waals surface area contributed by atoms with Crippen LogP contribution in [0.3, 0.4) is 0 Å². The number of aryl methyl sites for hydroxylation is 1. The molecule has 0 radical (unpaired) electrons. The highest BCUT2D eigenvalue weighted by Crippen LogP contribution is 2.70. The van der Waals surface area contributed by atoms with Crippen LogP contribution >= 0.6 is 15.8 Å². The first-order chi connectivity index (χ1) is 17.2. The lowest BCUT2D eigenvalue weighted by atomic mass is 10.1. The molecule has 0 nitrogen and oxygen atoms in total. The van der Waals surface area contributed by atoms with Gasteiger partial charge in [-0.3, -0.25) is 0 Å². The molecule has 0 bridgehead atoms. The van der Waals surface area contributed by atoms with E-state index in [1.165, 1.54) is 32.3 Å². The zero-order chi connectivity index (χ0) is 24.1. The van der Waals surface area contributed by atoms with E-state index in [4.69, 9.17) is 0 Å². The van der Waals surface area contributed by atoms with Crippen LogP contribution in [0, 0.1) is 6.92 Å². The Kier molecular flexibility index (Phi) is 7.24. The molecule has 172 valence electrons. The van der Waals surface area contributed by atoms with Crippen LogP contribution in [-0.4, -0.2) is 0 Å². The molecule has 5 aromatic rings. The monoisotopic (exact) mass is 488 g/mol. The molecule has 0 saturated heterocycles. The number of rotatable bonds is 7. The van der Waals surface area contributed by atoms with Crippen molar-refractivity contribution in [2.75, 3.05) is 0 Å². The van der Waals surface area contributed by atoms with Gasteiger partial charge in [0.1, 0.15) is 0 Å². The molecular weight excluding hydrogens is 458 g/mol. The van der Waals surface area contributed by atoms with E-state index in [0.717, 1.165) is 0 Å². The molecule has 0 N–H and O–H groups in total. The highest BCUT2D eigenvalue weighted by atomic mass is 31.2. The van der Waals surface area contributed by atoms with E-state index in [9.17, 15) is 0 Å². The molecular formula is C33H30P2. The number of hydrogen-bond acceptors (Lipinski definition) is 0. The summed E-state index contributed by atoms with van der Waals surface area (Å²) in [6.45, 7) is 4.81. The van der Waals surface area contributed by atoms with E-state index < -0.39 is 15.8 Å². The average molecular weight is 489 g/mol. The van der Waals surface area contributed by atoms with Gasteiger partial charge in [-0.1, -0.05) is 146 Å². The van der Waals surface area contributed by atoms with Crippen LogP contribution in [0.15, 0.2) is 146 Å². The molecule has 0 unspecified atom stereocenters. The molecule has 0 amide bonds. The van der Waals surface area contributed by atoms with E-state index >= 15 is 0 Å². The Morgan fingerprint density at radius 2 is 0.686 bits per heavy atom. The van der Waals surface area contributed by atoms with Gasteiger partial charge in [0.05, 0.1) is 0 Å². The van der Waals surface area contributed by atoms with Crippen molar-refractivity contribution in [1.29, 1.82) is 0 Å². The molecule has 2 heteroatoms. The van der Waals surface area contributed by atoms with Gasteiger partial charge in [-0.25, -0.2) is 0 Å². The van der Waals surface area contributed by atoms with E-state index in [1.54, 1.807) is 0 Å². The second-order valence-corrected chi connectivity index (χ2v) is 14.4. The minimum Gasteiger partial charge on any atom is -0.0622 e. The van der Waals surface area contributed by atoms with Gasteiger partial charge >= 0.3 is 0 Å². The largest absolute Gasteiger partial charge is 0.0622 e. The standard InChI is InChI=1S/C33H30P2/c1-27-17-15-16-26-32(27)33(2,34(28-18-7-3-8-19-28)29-20-9-4-10-21-29)35(30-22-11-5-12-23-30)31-24-13-6-14-25-31/h3-26H,1-2H3. The summed E-state index contributed by atoms with van der Waals surface area (Å²) in [5.74, 6) is 0. The maximum absolute atomic E-state index is 2.53. The fraction of sp³-hybridized carbons (Fsp3) is 0.0909. The third-order valence-electron chi connectivity index (χ3n) is 6.58. The fourth-order valence-electron chi connectivity index (χ4n) is 5.06. The lowest BCUT2D eigenvalue weighted by Crippen LogP contribution is -2.35. The van der Waals surface area contributed by atoms with Crippen LogP contribution < -0.4 is 21.2 Å². The third kappa shape index (κ3) is 4.75. The lowest BCUT2D eigenvalue weighted by Gasteiger charge is -2.46. The Morgan fingerprint density at radius 3 is 1.00 bits per heavy atom. The van der Waals surface area contributed by atoms with Crippen molar-refractivity contribution in [3.63, 3.8) is 0 Å². The van der Waals surface area contributed by atoms with E-state index in [-0.39, 0.29) is 4.90 Å². The first-order valence-electron chi connectivity index (χ1n) is 12.1. The van der Waals surface area contributed by atoms with Gasteiger partial charge in [0.2, 0.25) is 0 Å². The van der Waals surface area contributed by atoms with Crippen LogP contribution in [0.5, 0.6) is 0 Å². The molecule has 5 aromatic carbocycles. The Hall–Kier alpha value is -3.04. The maximum Gasteiger partial charge on any atom is 0.0489 e. The van der Waals surface area contributed by atoms with Gasteiger partial charge in [0, 0.05) is 4.90 Å². The number of benzene rings is 5. The van der Waals surface area contributed by atoms with Gasteiger partial charge < -0.3 is 0 Å². The van der Waals surface area contributed by atoms with Crippen molar-refractivity contribution in [2.45, 2.75) is 18.7 Å². The fourth-order valence-corrected chi connectivity index (χ4v) is 12.7. The summed E-state index contributed by atoms with van der Waals surface area (Å²) in [4.78, 5) is -0.137. The molecule has 0 atom stereocenters. The molecule has 0 fully saturated rings. The molecule has 0 aliphatic rings. The summed E-state index contributed by atoms with van der Waals surface area (Å²) in [5, 5.41) is 5.66. The van der Waals surface area contributed by atoms with Crippen LogP contribution in [0.1, 0.15) is 18.1 Å². The summed E-state index contributed by atoms with van der Waals surface area (Å²) < 4.78 is 0. The lowest BCUT2D eigenvalue weighted by molar-refractivity contribution is 0.969. The summed E-state index contributed by atoms with van der Waals surface area (Å²) in [5.41, 5.74) is 2.80. The van der Waals surface area contributed by atoms with E-state index in [2.05, 4.69) is 159 Å². The first-order valence-corrected chi connectivity index (χ1v) is 14.7. The van der Waals surface area contributed by atoms with Crippen molar-refractivity contribution in [3.05, 3.63) is 157 Å². The van der Waals surface area contributed by atoms with Crippen molar-refractivity contribution in [1.82, 2.24) is 0 Å². The SMILES string of the molecule is Cc1ccccc1C(C)(P(c1ccccc1)c1ccccc1)P(c1ccccc1)c1ccccc1. The summed E-state index contributed by atoms with van der Waals surface area (Å²) in [6, 6.07) is 53.8. The van der Waals surface area contributed by atoms with Gasteiger partial charge in [0.15, 0.2) is 0 Å². The topological polar surface area (TPSA) is 0 Å². The number of hydrogen-bond donors (Lipinski definition) is 0. The Balaban J connectivity index is 1.88.